The van der Waals surface area contributed by atoms with Crippen LogP contribution in [0.25, 0.3) is 22.6 Å². The molecule has 3 aromatic rings. The van der Waals surface area contributed by atoms with Gasteiger partial charge < -0.3 is 14.0 Å². The molecule has 0 saturated carbocycles. The molecule has 0 radical (unpaired) electrons. The van der Waals surface area contributed by atoms with Crippen LogP contribution in [0.4, 0.5) is 13.2 Å². The molecule has 0 bridgehead atoms. The Bertz CT molecular complexity index is 1280. The highest BCUT2D eigenvalue weighted by Crippen LogP contribution is 2.32. The van der Waals surface area contributed by atoms with Gasteiger partial charge in [0.1, 0.15) is 30.7 Å². The van der Waals surface area contributed by atoms with Crippen molar-refractivity contribution in [2.24, 2.45) is 5.41 Å². The highest BCUT2D eigenvalue weighted by atomic mass is 28.3. The summed E-state index contributed by atoms with van der Waals surface area (Å²) in [5.74, 6) is 0.976. The van der Waals surface area contributed by atoms with Gasteiger partial charge in [0.25, 0.3) is 0 Å². The van der Waals surface area contributed by atoms with Crippen molar-refractivity contribution in [1.29, 1.82) is 0 Å². The van der Waals surface area contributed by atoms with Crippen molar-refractivity contribution >= 4 is 13.9 Å². The van der Waals surface area contributed by atoms with E-state index in [9.17, 15) is 18.0 Å². The maximum absolute atomic E-state index is 13.4. The van der Waals surface area contributed by atoms with E-state index in [0.29, 0.717) is 30.0 Å². The number of carbonyl (C=O) groups excluding carboxylic acids is 1. The van der Waals surface area contributed by atoms with Crippen molar-refractivity contribution in [3.05, 3.63) is 54.0 Å². The van der Waals surface area contributed by atoms with Gasteiger partial charge in [-0.15, -0.1) is 0 Å². The second-order valence-electron chi connectivity index (χ2n) is 11.6. The maximum Gasteiger partial charge on any atom is 0.434 e. The van der Waals surface area contributed by atoms with Gasteiger partial charge >= 0.3 is 6.18 Å². The first-order valence-corrected chi connectivity index (χ1v) is 16.8. The third-order valence-corrected chi connectivity index (χ3v) is 8.15. The van der Waals surface area contributed by atoms with Crippen LogP contribution in [0, 0.1) is 12.3 Å². The molecule has 2 heterocycles. The Kier molecular flexibility index (Phi) is 9.43. The molecule has 0 aliphatic heterocycles. The summed E-state index contributed by atoms with van der Waals surface area (Å²) in [6.07, 6.45) is -1.60. The Morgan fingerprint density at radius 2 is 1.77 bits per heavy atom. The molecule has 0 spiro atoms. The summed E-state index contributed by atoms with van der Waals surface area (Å²) in [5, 5.41) is 0. The molecule has 212 valence electrons. The van der Waals surface area contributed by atoms with Crippen LogP contribution in [0.3, 0.4) is 0 Å². The van der Waals surface area contributed by atoms with E-state index >= 15 is 0 Å². The van der Waals surface area contributed by atoms with Gasteiger partial charge in [-0.2, -0.15) is 13.2 Å². The number of ketones is 1. The number of aromatic nitrogens is 3. The molecule has 0 amide bonds. The highest BCUT2D eigenvalue weighted by molar-refractivity contribution is 6.76. The van der Waals surface area contributed by atoms with E-state index in [1.54, 1.807) is 12.1 Å². The predicted molar refractivity (Wildman–Crippen MR) is 149 cm³/mol. The van der Waals surface area contributed by atoms with Gasteiger partial charge in [0, 0.05) is 44.6 Å². The number of pyridine rings is 1. The van der Waals surface area contributed by atoms with E-state index in [1.807, 2.05) is 45.9 Å². The predicted octanol–water partition coefficient (Wildman–Crippen LogP) is 7.64. The first-order chi connectivity index (χ1) is 18.1. The van der Waals surface area contributed by atoms with Crippen LogP contribution in [0.1, 0.15) is 38.4 Å². The molecule has 2 aromatic heterocycles. The lowest BCUT2D eigenvalue weighted by atomic mass is 9.88. The van der Waals surface area contributed by atoms with Crippen molar-refractivity contribution in [3.8, 4) is 28.4 Å². The Hall–Kier alpha value is -2.98. The van der Waals surface area contributed by atoms with Crippen LogP contribution in [0.5, 0.6) is 5.75 Å². The van der Waals surface area contributed by atoms with Crippen molar-refractivity contribution in [2.75, 3.05) is 13.2 Å². The average molecular weight is 562 g/mol. The molecule has 0 saturated heterocycles. The van der Waals surface area contributed by atoms with E-state index in [0.717, 1.165) is 23.4 Å². The number of halogens is 3. The lowest BCUT2D eigenvalue weighted by molar-refractivity contribution is -0.141. The molecule has 0 atom stereocenters. The summed E-state index contributed by atoms with van der Waals surface area (Å²) in [7, 11) is -1.32. The lowest BCUT2D eigenvalue weighted by Crippen LogP contribution is -2.30. The Balaban J connectivity index is 1.78. The first-order valence-electron chi connectivity index (χ1n) is 13.1. The fourth-order valence-corrected chi connectivity index (χ4v) is 4.66. The summed E-state index contributed by atoms with van der Waals surface area (Å²) in [5.41, 5.74) is 1.31. The summed E-state index contributed by atoms with van der Waals surface area (Å²) in [6.45, 7) is 14.9. The molecule has 6 nitrogen and oxygen atoms in total. The number of aryl methyl sites for hydroxylation is 1. The number of nitrogens with zero attached hydrogens (tertiary/aromatic N) is 3. The van der Waals surface area contributed by atoms with Crippen molar-refractivity contribution in [1.82, 2.24) is 14.5 Å². The topological polar surface area (TPSA) is 66.2 Å². The fraction of sp³-hybridized carbons (Fsp3) is 0.483. The molecule has 0 fully saturated rings. The van der Waals surface area contributed by atoms with Crippen LogP contribution >= 0.6 is 0 Å². The highest BCUT2D eigenvalue weighted by Gasteiger charge is 2.35. The zero-order chi connectivity index (χ0) is 29.0. The average Bonchev–Trinajstić information content (AvgIpc) is 3.30. The van der Waals surface area contributed by atoms with Gasteiger partial charge in [0.2, 0.25) is 0 Å². The minimum Gasteiger partial charge on any atom is -0.492 e. The Labute approximate surface area is 229 Å². The second-order valence-corrected chi connectivity index (χ2v) is 17.2. The lowest BCUT2D eigenvalue weighted by Gasteiger charge is -2.23. The van der Waals surface area contributed by atoms with Crippen molar-refractivity contribution in [3.63, 3.8) is 0 Å². The van der Waals surface area contributed by atoms with E-state index in [-0.39, 0.29) is 24.9 Å². The number of hydrogen-bond acceptors (Lipinski definition) is 5. The third-order valence-electron chi connectivity index (χ3n) is 6.45. The maximum atomic E-state index is 13.4. The number of Topliss-reactive ketones (excluding diaryl/α,β-unsaturated/α-hetero) is 1. The first kappa shape index (κ1) is 30.6. The molecule has 0 aliphatic rings. The zero-order valence-electron chi connectivity index (χ0n) is 23.8. The fourth-order valence-electron chi connectivity index (χ4n) is 3.91. The minimum absolute atomic E-state index is 0.0219. The second kappa shape index (κ2) is 12.0. The largest absolute Gasteiger partial charge is 0.492 e. The molecular formula is C29H38F3N3O3Si. The van der Waals surface area contributed by atoms with Crippen LogP contribution in [0.15, 0.2) is 42.7 Å². The number of alkyl halides is 3. The summed E-state index contributed by atoms with van der Waals surface area (Å²) in [6, 6.07) is 10.0. The standard InChI is InChI=1S/C29H38F3N3O3Si/c1-8-26(36)28(3,4)18-38-24-12-10-21(15-20(24)2)23-11-9-22(16-33-23)27-34-25(29(30,31)32)17-35(27)19-37-13-14-39(5,6)7/h9-12,15-17H,8,13-14,18-19H2,1-7H3. The van der Waals surface area contributed by atoms with E-state index in [4.69, 9.17) is 9.47 Å². The molecule has 3 rings (SSSR count). The van der Waals surface area contributed by atoms with Crippen LogP contribution < -0.4 is 4.74 Å². The van der Waals surface area contributed by atoms with Crippen LogP contribution in [-0.2, 0) is 22.4 Å². The summed E-state index contributed by atoms with van der Waals surface area (Å²) >= 11 is 0. The van der Waals surface area contributed by atoms with Crippen molar-refractivity contribution in [2.45, 2.75) is 72.7 Å². The van der Waals surface area contributed by atoms with Crippen molar-refractivity contribution < 1.29 is 27.4 Å². The van der Waals surface area contributed by atoms with Gasteiger partial charge in [-0.05, 0) is 62.7 Å². The molecule has 39 heavy (non-hydrogen) atoms. The number of carbonyl (C=O) groups is 1. The number of imidazole rings is 1. The normalized spacial score (nSPS) is 12.6. The van der Waals surface area contributed by atoms with E-state index < -0.39 is 25.4 Å². The number of benzene rings is 1. The summed E-state index contributed by atoms with van der Waals surface area (Å²) < 4.78 is 53.3. The van der Waals surface area contributed by atoms with E-state index in [1.165, 1.54) is 10.8 Å². The quantitative estimate of drug-likeness (QED) is 0.168. The van der Waals surface area contributed by atoms with Crippen LogP contribution in [-0.4, -0.2) is 41.6 Å². The third kappa shape index (κ3) is 8.25. The Morgan fingerprint density at radius 1 is 1.08 bits per heavy atom. The molecule has 10 heteroatoms. The van der Waals surface area contributed by atoms with Gasteiger partial charge in [-0.3, -0.25) is 9.78 Å². The SMILES string of the molecule is CCC(=O)C(C)(C)COc1ccc(-c2ccc(-c3nc(C(F)(F)F)cn3COCC[Si](C)(C)C)cn2)cc1C. The van der Waals surface area contributed by atoms with Gasteiger partial charge in [0.05, 0.1) is 11.1 Å². The molecule has 0 aliphatic carbocycles. The monoisotopic (exact) mass is 561 g/mol. The smallest absolute Gasteiger partial charge is 0.434 e. The minimum atomic E-state index is -4.56. The number of rotatable bonds is 12. The molecule has 1 aromatic carbocycles. The molecule has 0 N–H and O–H groups in total. The van der Waals surface area contributed by atoms with Gasteiger partial charge in [-0.25, -0.2) is 4.98 Å². The Morgan fingerprint density at radius 3 is 2.33 bits per heavy atom. The zero-order valence-corrected chi connectivity index (χ0v) is 24.8. The molecular weight excluding hydrogens is 523 g/mol. The van der Waals surface area contributed by atoms with Gasteiger partial charge in [0.15, 0.2) is 5.69 Å². The van der Waals surface area contributed by atoms with E-state index in [2.05, 4.69) is 29.6 Å². The van der Waals surface area contributed by atoms with Gasteiger partial charge in [-0.1, -0.05) is 26.6 Å². The summed E-state index contributed by atoms with van der Waals surface area (Å²) in [4.78, 5) is 20.5. The molecule has 0 unspecified atom stereocenters. The number of ether oxygens (including phenoxy) is 2. The van der Waals surface area contributed by atoms with Crippen LogP contribution in [0.2, 0.25) is 25.7 Å². The number of hydrogen-bond donors (Lipinski definition) is 0.